The molecule has 2 nitrogen and oxygen atoms in total. The number of halogens is 4. The molecule has 6 heteroatoms. The Morgan fingerprint density at radius 3 is 1.81 bits per heavy atom. The monoisotopic (exact) mass is 586 g/mol. The number of allylic oxidation sites excluding steroid dienone is 2. The average Bonchev–Trinajstić information content (AvgIpc) is 3.00. The van der Waals surface area contributed by atoms with Gasteiger partial charge in [-0.3, -0.25) is 0 Å². The van der Waals surface area contributed by atoms with Crippen molar-refractivity contribution in [3.05, 3.63) is 59.7 Å². The first kappa shape index (κ1) is 30.9. The third kappa shape index (κ3) is 7.17. The third-order valence-electron chi connectivity index (χ3n) is 10.2. The maximum atomic E-state index is 14.9. The van der Waals surface area contributed by atoms with Gasteiger partial charge in [-0.05, 0) is 124 Å². The minimum atomic E-state index is -1.28. The first-order chi connectivity index (χ1) is 20.4. The molecule has 3 aliphatic rings. The highest BCUT2D eigenvalue weighted by molar-refractivity contribution is 5.67. The molecule has 42 heavy (non-hydrogen) atoms. The molecule has 0 bridgehead atoms. The van der Waals surface area contributed by atoms with Gasteiger partial charge in [0.1, 0.15) is 0 Å². The van der Waals surface area contributed by atoms with Gasteiger partial charge in [0, 0.05) is 11.1 Å². The van der Waals surface area contributed by atoms with Gasteiger partial charge in [-0.25, -0.2) is 8.78 Å². The van der Waals surface area contributed by atoms with Crippen molar-refractivity contribution >= 4 is 0 Å². The van der Waals surface area contributed by atoms with Crippen LogP contribution in [0.5, 0.6) is 11.5 Å². The molecule has 4 atom stereocenters. The van der Waals surface area contributed by atoms with Crippen molar-refractivity contribution in [1.82, 2.24) is 0 Å². The molecule has 3 fully saturated rings. The highest BCUT2D eigenvalue weighted by Gasteiger charge is 2.34. The van der Waals surface area contributed by atoms with E-state index >= 15 is 0 Å². The van der Waals surface area contributed by atoms with E-state index in [4.69, 9.17) is 9.47 Å². The fraction of sp³-hybridized carbons (Fsp3) is 0.611. The van der Waals surface area contributed by atoms with E-state index in [0.717, 1.165) is 49.4 Å². The van der Waals surface area contributed by atoms with Gasteiger partial charge in [0.2, 0.25) is 11.6 Å². The number of ether oxygens (including phenoxy) is 2. The summed E-state index contributed by atoms with van der Waals surface area (Å²) in [6.45, 7) is 4.42. The zero-order chi connectivity index (χ0) is 29.6. The van der Waals surface area contributed by atoms with Gasteiger partial charge in [-0.2, -0.15) is 8.78 Å². The van der Waals surface area contributed by atoms with E-state index in [1.165, 1.54) is 75.6 Å². The predicted octanol–water partition coefficient (Wildman–Crippen LogP) is 10.7. The molecule has 0 amide bonds. The SMILES string of the molecule is CCCC1CCC2CC(/C=C/C3CCC(COc4ccc(-c5ccc(OCC)c(F)c5F)c(F)c4F)CC3)CCC2C1. The molecule has 0 N–H and O–H groups in total. The van der Waals surface area contributed by atoms with Gasteiger partial charge in [0.05, 0.1) is 13.2 Å². The molecule has 0 saturated heterocycles. The van der Waals surface area contributed by atoms with Crippen LogP contribution in [0.1, 0.15) is 90.9 Å². The van der Waals surface area contributed by atoms with Crippen LogP contribution in [0.4, 0.5) is 17.6 Å². The summed E-state index contributed by atoms with van der Waals surface area (Å²) in [7, 11) is 0. The van der Waals surface area contributed by atoms with E-state index in [-0.39, 0.29) is 35.2 Å². The summed E-state index contributed by atoms with van der Waals surface area (Å²) in [4.78, 5) is 0. The quantitative estimate of drug-likeness (QED) is 0.204. The molecular formula is C36H46F4O2. The maximum Gasteiger partial charge on any atom is 0.201 e. The number of hydrogen-bond acceptors (Lipinski definition) is 2. The van der Waals surface area contributed by atoms with Gasteiger partial charge in [-0.15, -0.1) is 0 Å². The smallest absolute Gasteiger partial charge is 0.201 e. The van der Waals surface area contributed by atoms with Crippen molar-refractivity contribution in [2.24, 2.45) is 35.5 Å². The highest BCUT2D eigenvalue weighted by Crippen LogP contribution is 2.46. The minimum Gasteiger partial charge on any atom is -0.491 e. The van der Waals surface area contributed by atoms with Crippen molar-refractivity contribution in [1.29, 1.82) is 0 Å². The van der Waals surface area contributed by atoms with Gasteiger partial charge in [0.25, 0.3) is 0 Å². The fourth-order valence-corrected chi connectivity index (χ4v) is 7.80. The summed E-state index contributed by atoms with van der Waals surface area (Å²) in [5.41, 5.74) is -0.720. The number of rotatable bonds is 10. The van der Waals surface area contributed by atoms with E-state index < -0.39 is 23.3 Å². The van der Waals surface area contributed by atoms with Crippen LogP contribution in [-0.2, 0) is 0 Å². The minimum absolute atomic E-state index is 0.157. The Labute approximate surface area is 248 Å². The van der Waals surface area contributed by atoms with E-state index in [2.05, 4.69) is 19.1 Å². The molecule has 230 valence electrons. The van der Waals surface area contributed by atoms with Crippen LogP contribution >= 0.6 is 0 Å². The summed E-state index contributed by atoms with van der Waals surface area (Å²) in [5.74, 6) is -0.977. The lowest BCUT2D eigenvalue weighted by Gasteiger charge is -2.41. The molecule has 3 saturated carbocycles. The van der Waals surface area contributed by atoms with Crippen molar-refractivity contribution in [3.63, 3.8) is 0 Å². The predicted molar refractivity (Wildman–Crippen MR) is 160 cm³/mol. The number of benzene rings is 2. The molecule has 0 heterocycles. The Kier molecular flexibility index (Phi) is 10.5. The Balaban J connectivity index is 1.09. The van der Waals surface area contributed by atoms with Crippen LogP contribution in [0.3, 0.4) is 0 Å². The molecule has 4 unspecified atom stereocenters. The van der Waals surface area contributed by atoms with E-state index in [0.29, 0.717) is 12.5 Å². The fourth-order valence-electron chi connectivity index (χ4n) is 7.80. The van der Waals surface area contributed by atoms with Crippen molar-refractivity contribution in [2.75, 3.05) is 13.2 Å². The van der Waals surface area contributed by atoms with Gasteiger partial charge in [-0.1, -0.05) is 38.3 Å². The molecule has 0 aliphatic heterocycles. The second-order valence-corrected chi connectivity index (χ2v) is 12.9. The summed E-state index contributed by atoms with van der Waals surface area (Å²) in [6.07, 6.45) is 20.3. The number of hydrogen-bond donors (Lipinski definition) is 0. The van der Waals surface area contributed by atoms with E-state index in [9.17, 15) is 17.6 Å². The average molecular weight is 587 g/mol. The van der Waals surface area contributed by atoms with E-state index in [1.807, 2.05) is 0 Å². The largest absolute Gasteiger partial charge is 0.491 e. The summed E-state index contributed by atoms with van der Waals surface area (Å²) >= 11 is 0. The lowest BCUT2D eigenvalue weighted by atomic mass is 9.64. The van der Waals surface area contributed by atoms with Crippen LogP contribution in [0.2, 0.25) is 0 Å². The molecule has 0 spiro atoms. The Morgan fingerprint density at radius 2 is 1.17 bits per heavy atom. The van der Waals surface area contributed by atoms with Crippen LogP contribution < -0.4 is 9.47 Å². The van der Waals surface area contributed by atoms with Crippen molar-refractivity contribution in [2.45, 2.75) is 90.9 Å². The molecular weight excluding hydrogens is 540 g/mol. The lowest BCUT2D eigenvalue weighted by molar-refractivity contribution is 0.107. The third-order valence-corrected chi connectivity index (χ3v) is 10.2. The Morgan fingerprint density at radius 1 is 0.619 bits per heavy atom. The molecule has 2 aromatic rings. The zero-order valence-electron chi connectivity index (χ0n) is 25.2. The summed E-state index contributed by atoms with van der Waals surface area (Å²) in [5, 5.41) is 0. The Hall–Kier alpha value is -2.50. The van der Waals surface area contributed by atoms with Crippen molar-refractivity contribution < 1.29 is 27.0 Å². The molecule has 0 radical (unpaired) electrons. The Bertz CT molecular complexity index is 1220. The number of fused-ring (bicyclic) bond motifs is 1. The second kappa shape index (κ2) is 14.3. The lowest BCUT2D eigenvalue weighted by Crippen LogP contribution is -2.30. The van der Waals surface area contributed by atoms with Gasteiger partial charge >= 0.3 is 0 Å². The molecule has 0 aromatic heterocycles. The normalized spacial score (nSPS) is 28.0. The first-order valence-electron chi connectivity index (χ1n) is 16.3. The van der Waals surface area contributed by atoms with Crippen LogP contribution in [0.25, 0.3) is 11.1 Å². The summed E-state index contributed by atoms with van der Waals surface area (Å²) < 4.78 is 69.4. The van der Waals surface area contributed by atoms with Crippen LogP contribution in [0.15, 0.2) is 36.4 Å². The van der Waals surface area contributed by atoms with Crippen molar-refractivity contribution in [3.8, 4) is 22.6 Å². The van der Waals surface area contributed by atoms with E-state index in [1.54, 1.807) is 6.92 Å². The first-order valence-corrected chi connectivity index (χ1v) is 16.3. The molecule has 3 aliphatic carbocycles. The zero-order valence-corrected chi connectivity index (χ0v) is 25.2. The molecule has 2 aromatic carbocycles. The summed E-state index contributed by atoms with van der Waals surface area (Å²) in [6, 6.07) is 4.94. The van der Waals surface area contributed by atoms with Crippen LogP contribution in [-0.4, -0.2) is 13.2 Å². The second-order valence-electron chi connectivity index (χ2n) is 12.9. The van der Waals surface area contributed by atoms with Gasteiger partial charge < -0.3 is 9.47 Å². The maximum absolute atomic E-state index is 14.9. The highest BCUT2D eigenvalue weighted by atomic mass is 19.2. The topological polar surface area (TPSA) is 18.5 Å². The van der Waals surface area contributed by atoms with Crippen LogP contribution in [0, 0.1) is 58.8 Å². The standard InChI is InChI=1S/C36H46F4O2/c1-3-5-24-12-14-28-21-25(13-15-27(28)20-24)9-6-23-7-10-26(11-8-23)22-42-32-19-17-30(34(38)36(32)40)29-16-18-31(41-4-2)35(39)33(29)37/h6,9,16-19,23-28H,3-5,7-8,10-15,20-22H2,1-2H3/b9-6+. The van der Waals surface area contributed by atoms with Gasteiger partial charge in [0.15, 0.2) is 23.1 Å². The molecule has 5 rings (SSSR count).